The number of hydrogen-bond donors (Lipinski definition) is 2. The molecule has 0 aromatic carbocycles. The van der Waals surface area contributed by atoms with Crippen LogP contribution < -0.4 is 0 Å². The Balaban J connectivity index is 2.43. The molecule has 0 fully saturated rings. The van der Waals surface area contributed by atoms with Crippen molar-refractivity contribution in [3.8, 4) is 0 Å². The van der Waals surface area contributed by atoms with Crippen LogP contribution in [0, 0.1) is 5.92 Å². The van der Waals surface area contributed by atoms with E-state index in [9.17, 15) is 10.2 Å². The van der Waals surface area contributed by atoms with Crippen molar-refractivity contribution in [2.45, 2.75) is 64.6 Å². The van der Waals surface area contributed by atoms with E-state index in [2.05, 4.69) is 13.0 Å². The second-order valence-corrected chi connectivity index (χ2v) is 4.83. The fourth-order valence-electron chi connectivity index (χ4n) is 2.34. The molecule has 0 bridgehead atoms. The third-order valence-electron chi connectivity index (χ3n) is 3.20. The van der Waals surface area contributed by atoms with Crippen molar-refractivity contribution in [2.75, 3.05) is 0 Å². The van der Waals surface area contributed by atoms with E-state index in [1.54, 1.807) is 0 Å². The van der Waals surface area contributed by atoms with Gasteiger partial charge in [0.2, 0.25) is 0 Å². The first-order valence-corrected chi connectivity index (χ1v) is 6.17. The highest BCUT2D eigenvalue weighted by atomic mass is 16.3. The van der Waals surface area contributed by atoms with Crippen molar-refractivity contribution in [2.24, 2.45) is 5.92 Å². The van der Waals surface area contributed by atoms with E-state index >= 15 is 0 Å². The predicted molar refractivity (Wildman–Crippen MR) is 62.6 cm³/mol. The summed E-state index contributed by atoms with van der Waals surface area (Å²) in [5.41, 5.74) is 1.33. The van der Waals surface area contributed by atoms with Gasteiger partial charge in [-0.2, -0.15) is 0 Å². The molecule has 1 rings (SSSR count). The highest BCUT2D eigenvalue weighted by Gasteiger charge is 2.23. The average molecular weight is 212 g/mol. The molecule has 88 valence electrons. The molecule has 1 aliphatic rings. The van der Waals surface area contributed by atoms with Crippen molar-refractivity contribution in [1.82, 2.24) is 0 Å². The molecule has 0 saturated heterocycles. The minimum absolute atomic E-state index is 0.158. The van der Waals surface area contributed by atoms with Crippen LogP contribution in [0.4, 0.5) is 0 Å². The van der Waals surface area contributed by atoms with E-state index < -0.39 is 0 Å². The Hall–Kier alpha value is -0.340. The van der Waals surface area contributed by atoms with Gasteiger partial charge in [-0.05, 0) is 38.5 Å². The minimum atomic E-state index is -0.252. The lowest BCUT2D eigenvalue weighted by molar-refractivity contribution is 0.0935. The van der Waals surface area contributed by atoms with E-state index in [-0.39, 0.29) is 12.2 Å². The fourth-order valence-corrected chi connectivity index (χ4v) is 2.34. The summed E-state index contributed by atoms with van der Waals surface area (Å²) in [5.74, 6) is 0.420. The van der Waals surface area contributed by atoms with Crippen molar-refractivity contribution < 1.29 is 10.2 Å². The van der Waals surface area contributed by atoms with Gasteiger partial charge in [-0.3, -0.25) is 0 Å². The highest BCUT2D eigenvalue weighted by molar-refractivity contribution is 5.09. The summed E-state index contributed by atoms with van der Waals surface area (Å²) in [6.45, 7) is 4.01. The monoisotopic (exact) mass is 212 g/mol. The third kappa shape index (κ3) is 4.35. The van der Waals surface area contributed by atoms with Crippen LogP contribution >= 0.6 is 0 Å². The van der Waals surface area contributed by atoms with Gasteiger partial charge in [0, 0.05) is 0 Å². The Bertz CT molecular complexity index is 209. The smallest absolute Gasteiger partial charge is 0.0605 e. The lowest BCUT2D eigenvalue weighted by Gasteiger charge is -2.28. The molecule has 2 nitrogen and oxygen atoms in total. The molecule has 0 saturated carbocycles. The molecule has 2 heteroatoms. The van der Waals surface area contributed by atoms with Crippen LogP contribution in [-0.4, -0.2) is 22.4 Å². The molecule has 3 atom stereocenters. The molecule has 0 radical (unpaired) electrons. The second-order valence-electron chi connectivity index (χ2n) is 4.83. The number of hydrogen-bond acceptors (Lipinski definition) is 2. The third-order valence-corrected chi connectivity index (χ3v) is 3.20. The first kappa shape index (κ1) is 12.7. The summed E-state index contributed by atoms with van der Waals surface area (Å²) in [4.78, 5) is 0. The zero-order chi connectivity index (χ0) is 11.3. The van der Waals surface area contributed by atoms with Gasteiger partial charge in [-0.25, -0.2) is 0 Å². The van der Waals surface area contributed by atoms with Gasteiger partial charge in [-0.15, -0.1) is 0 Å². The number of unbranched alkanes of at least 4 members (excludes halogenated alkanes) is 1. The van der Waals surface area contributed by atoms with E-state index in [1.165, 1.54) is 18.4 Å². The molecule has 0 unspecified atom stereocenters. The first-order chi connectivity index (χ1) is 7.13. The average Bonchev–Trinajstić information content (AvgIpc) is 2.18. The Morgan fingerprint density at radius 1 is 1.53 bits per heavy atom. The molecule has 0 aromatic rings. The molecule has 0 spiro atoms. The fraction of sp³-hybridized carbons (Fsp3) is 0.846. The van der Waals surface area contributed by atoms with Crippen molar-refractivity contribution in [3.63, 3.8) is 0 Å². The van der Waals surface area contributed by atoms with Crippen LogP contribution in [0.15, 0.2) is 11.6 Å². The predicted octanol–water partition coefficient (Wildman–Crippen LogP) is 2.64. The van der Waals surface area contributed by atoms with E-state index in [0.717, 1.165) is 25.7 Å². The van der Waals surface area contributed by atoms with Crippen LogP contribution in [0.1, 0.15) is 52.4 Å². The number of aliphatic hydroxyl groups is 2. The number of aliphatic hydroxyl groups excluding tert-OH is 2. The summed E-state index contributed by atoms with van der Waals surface area (Å²) >= 11 is 0. The zero-order valence-electron chi connectivity index (χ0n) is 9.95. The summed E-state index contributed by atoms with van der Waals surface area (Å²) in [7, 11) is 0. The van der Waals surface area contributed by atoms with Gasteiger partial charge in [0.1, 0.15) is 0 Å². The molecule has 15 heavy (non-hydrogen) atoms. The van der Waals surface area contributed by atoms with Gasteiger partial charge in [0.15, 0.2) is 0 Å². The summed E-state index contributed by atoms with van der Waals surface area (Å²) in [6, 6.07) is 0. The maximum absolute atomic E-state index is 9.84. The molecular weight excluding hydrogens is 188 g/mol. The lowest BCUT2D eigenvalue weighted by Crippen LogP contribution is -2.24. The standard InChI is InChI=1S/C13H24O2/c1-3-4-5-12-9-11(8-10(2)14)6-7-13(12)15/h6,10,12-15H,3-5,7-9H2,1-2H3/t10-,12-,13+/m0/s1. The summed E-state index contributed by atoms with van der Waals surface area (Å²) < 4.78 is 0. The minimum Gasteiger partial charge on any atom is -0.393 e. The van der Waals surface area contributed by atoms with Crippen LogP contribution in [0.2, 0.25) is 0 Å². The molecule has 0 aromatic heterocycles. The normalized spacial score (nSPS) is 28.7. The van der Waals surface area contributed by atoms with E-state index in [1.807, 2.05) is 6.92 Å². The molecule has 0 aliphatic heterocycles. The highest BCUT2D eigenvalue weighted by Crippen LogP contribution is 2.30. The summed E-state index contributed by atoms with van der Waals surface area (Å²) in [6.07, 6.45) is 7.74. The zero-order valence-corrected chi connectivity index (χ0v) is 9.95. The summed E-state index contributed by atoms with van der Waals surface area (Å²) in [5, 5.41) is 19.2. The SMILES string of the molecule is CCCC[C@H]1CC(C[C@H](C)O)=CC[C@H]1O. The van der Waals surface area contributed by atoms with Crippen molar-refractivity contribution in [1.29, 1.82) is 0 Å². The van der Waals surface area contributed by atoms with Crippen molar-refractivity contribution in [3.05, 3.63) is 11.6 Å². The molecule has 1 aliphatic carbocycles. The first-order valence-electron chi connectivity index (χ1n) is 6.17. The van der Waals surface area contributed by atoms with E-state index in [4.69, 9.17) is 0 Å². The molecule has 2 N–H and O–H groups in total. The molecule has 0 amide bonds. The Kier molecular flexibility index (Phi) is 5.34. The largest absolute Gasteiger partial charge is 0.393 e. The van der Waals surface area contributed by atoms with Gasteiger partial charge in [0.05, 0.1) is 12.2 Å². The van der Waals surface area contributed by atoms with Gasteiger partial charge in [-0.1, -0.05) is 31.4 Å². The molecular formula is C13H24O2. The van der Waals surface area contributed by atoms with E-state index in [0.29, 0.717) is 5.92 Å². The Labute approximate surface area is 93.0 Å². The Morgan fingerprint density at radius 2 is 2.27 bits per heavy atom. The second kappa shape index (κ2) is 6.29. The number of rotatable bonds is 5. The maximum Gasteiger partial charge on any atom is 0.0605 e. The maximum atomic E-state index is 9.84. The topological polar surface area (TPSA) is 40.5 Å². The molecule has 0 heterocycles. The Morgan fingerprint density at radius 3 is 2.87 bits per heavy atom. The van der Waals surface area contributed by atoms with Gasteiger partial charge < -0.3 is 10.2 Å². The van der Waals surface area contributed by atoms with Crippen LogP contribution in [0.5, 0.6) is 0 Å². The van der Waals surface area contributed by atoms with Crippen LogP contribution in [0.25, 0.3) is 0 Å². The van der Waals surface area contributed by atoms with Crippen LogP contribution in [-0.2, 0) is 0 Å². The van der Waals surface area contributed by atoms with Crippen LogP contribution in [0.3, 0.4) is 0 Å². The lowest BCUT2D eigenvalue weighted by atomic mass is 9.81. The quantitative estimate of drug-likeness (QED) is 0.688. The van der Waals surface area contributed by atoms with Crippen molar-refractivity contribution >= 4 is 0 Å². The van der Waals surface area contributed by atoms with Gasteiger partial charge >= 0.3 is 0 Å². The van der Waals surface area contributed by atoms with Gasteiger partial charge in [0.25, 0.3) is 0 Å².